The van der Waals surface area contributed by atoms with Gasteiger partial charge in [0, 0.05) is 37.3 Å². The van der Waals surface area contributed by atoms with Gasteiger partial charge in [0.15, 0.2) is 0 Å². The van der Waals surface area contributed by atoms with Crippen LogP contribution in [0, 0.1) is 11.8 Å². The van der Waals surface area contributed by atoms with Crippen molar-refractivity contribution in [1.82, 2.24) is 9.80 Å². The van der Waals surface area contributed by atoms with Gasteiger partial charge in [-0.3, -0.25) is 19.4 Å². The Morgan fingerprint density at radius 2 is 0.684 bits per heavy atom. The molecule has 6 rings (SSSR count). The molecule has 0 aromatic heterocycles. The molecule has 0 N–H and O–H groups in total. The number of hydrogen-bond acceptors (Lipinski definition) is 6. The molecule has 0 radical (unpaired) electrons. The highest BCUT2D eigenvalue weighted by molar-refractivity contribution is 5.77. The highest BCUT2D eigenvalue weighted by Gasteiger charge is 2.45. The Hall–Kier alpha value is -5.82. The minimum Gasteiger partial charge on any atom is -0.469 e. The van der Waals surface area contributed by atoms with E-state index in [9.17, 15) is 9.59 Å². The Balaban J connectivity index is 1.54. The average molecular weight is 759 g/mol. The minimum absolute atomic E-state index is 0.113. The van der Waals surface area contributed by atoms with Crippen LogP contribution < -0.4 is 0 Å². The van der Waals surface area contributed by atoms with Crippen LogP contribution >= 0.6 is 0 Å². The maximum atomic E-state index is 14.6. The Kier molecular flexibility index (Phi) is 14.6. The van der Waals surface area contributed by atoms with E-state index in [1.807, 2.05) is 84.9 Å². The summed E-state index contributed by atoms with van der Waals surface area (Å²) in [5, 5.41) is 0. The number of hydrogen-bond donors (Lipinski definition) is 0. The molecule has 0 heterocycles. The van der Waals surface area contributed by atoms with Gasteiger partial charge in [-0.2, -0.15) is 0 Å². The van der Waals surface area contributed by atoms with Gasteiger partial charge in [-0.05, 0) is 53.6 Å². The highest BCUT2D eigenvalue weighted by atomic mass is 16.5. The molecular formula is C51H54N2O4. The predicted octanol–water partition coefficient (Wildman–Crippen LogP) is 11.0. The zero-order chi connectivity index (χ0) is 40.0. The number of rotatable bonds is 18. The molecule has 0 amide bonds. The molecule has 0 spiro atoms. The van der Waals surface area contributed by atoms with Crippen LogP contribution in [-0.4, -0.2) is 36.0 Å². The number of esters is 2. The van der Waals surface area contributed by atoms with E-state index in [1.165, 1.54) is 14.2 Å². The molecule has 6 aromatic rings. The number of methoxy groups -OCH3 is 2. The molecule has 0 aliphatic carbocycles. The number of carbonyl (C=O) groups is 2. The lowest BCUT2D eigenvalue weighted by Crippen LogP contribution is -2.44. The Morgan fingerprint density at radius 3 is 0.965 bits per heavy atom. The van der Waals surface area contributed by atoms with Crippen LogP contribution in [0.25, 0.3) is 0 Å². The molecule has 0 aliphatic heterocycles. The fourth-order valence-corrected chi connectivity index (χ4v) is 8.28. The van der Waals surface area contributed by atoms with Crippen molar-refractivity contribution in [3.05, 3.63) is 215 Å². The summed E-state index contributed by atoms with van der Waals surface area (Å²) in [6, 6.07) is 60.6. The van der Waals surface area contributed by atoms with E-state index in [-0.39, 0.29) is 30.4 Å². The van der Waals surface area contributed by atoms with Crippen molar-refractivity contribution < 1.29 is 19.1 Å². The molecule has 0 saturated heterocycles. The first-order valence-corrected chi connectivity index (χ1v) is 19.8. The zero-order valence-electron chi connectivity index (χ0n) is 33.4. The predicted molar refractivity (Wildman–Crippen MR) is 228 cm³/mol. The lowest BCUT2D eigenvalue weighted by molar-refractivity contribution is -0.155. The van der Waals surface area contributed by atoms with Crippen LogP contribution in [-0.2, 0) is 32.2 Å². The summed E-state index contributed by atoms with van der Waals surface area (Å²) in [7, 11) is 2.89. The van der Waals surface area contributed by atoms with E-state index in [4.69, 9.17) is 9.47 Å². The van der Waals surface area contributed by atoms with Crippen LogP contribution in [0.4, 0.5) is 0 Å². The highest BCUT2D eigenvalue weighted by Crippen LogP contribution is 2.45. The number of carbonyl (C=O) groups excluding carboxylic acids is 2. The summed E-state index contributed by atoms with van der Waals surface area (Å²) in [4.78, 5) is 34.1. The molecular weight excluding hydrogens is 705 g/mol. The maximum Gasteiger partial charge on any atom is 0.310 e. The minimum atomic E-state index is -0.770. The Bertz CT molecular complexity index is 1930. The van der Waals surface area contributed by atoms with Crippen molar-refractivity contribution >= 4 is 11.9 Å². The zero-order valence-corrected chi connectivity index (χ0v) is 33.4. The molecule has 6 atom stereocenters. The monoisotopic (exact) mass is 758 g/mol. The molecule has 6 nitrogen and oxygen atoms in total. The molecule has 0 saturated carbocycles. The SMILES string of the molecule is COC(=O)[C@@H](C[C@@H](C(=O)OC)[C@H](c1ccccc1)N(Cc1ccccc1)[C@@H](C)c1ccccc1)[C@H](c1ccccc1)N(Cc1ccccc1)[C@@H](C)c1ccccc1. The summed E-state index contributed by atoms with van der Waals surface area (Å²) in [5.41, 5.74) is 6.39. The van der Waals surface area contributed by atoms with Crippen LogP contribution in [0.15, 0.2) is 182 Å². The van der Waals surface area contributed by atoms with Gasteiger partial charge in [-0.15, -0.1) is 0 Å². The van der Waals surface area contributed by atoms with E-state index >= 15 is 0 Å². The number of benzene rings is 6. The smallest absolute Gasteiger partial charge is 0.310 e. The van der Waals surface area contributed by atoms with Gasteiger partial charge in [0.25, 0.3) is 0 Å². The molecule has 0 unspecified atom stereocenters. The van der Waals surface area contributed by atoms with Crippen molar-refractivity contribution in [2.24, 2.45) is 11.8 Å². The molecule has 292 valence electrons. The summed E-state index contributed by atoms with van der Waals surface area (Å²) >= 11 is 0. The molecule has 57 heavy (non-hydrogen) atoms. The van der Waals surface area contributed by atoms with Crippen molar-refractivity contribution in [3.63, 3.8) is 0 Å². The summed E-state index contributed by atoms with van der Waals surface area (Å²) < 4.78 is 11.5. The normalized spacial score (nSPS) is 14.6. The number of ether oxygens (including phenoxy) is 2. The standard InChI is InChI=1S/C51H54N2O4/c1-38(42-27-15-7-16-28-42)52(36-40-23-11-5-12-24-40)48(44-31-19-9-20-32-44)46(50(54)56-3)35-47(51(55)57-4)49(45-33-21-10-22-34-45)53(37-41-25-13-6-14-26-41)39(2)43-29-17-8-18-30-43/h5-34,38-39,46-49H,35-37H2,1-4H3/t38-,39-,46-,47+,48-,49-/m0/s1. The van der Waals surface area contributed by atoms with Crippen LogP contribution in [0.3, 0.4) is 0 Å². The lowest BCUT2D eigenvalue weighted by Gasteiger charge is -2.44. The lowest BCUT2D eigenvalue weighted by atomic mass is 9.78. The first-order chi connectivity index (χ1) is 27.9. The quantitative estimate of drug-likeness (QED) is 0.0814. The topological polar surface area (TPSA) is 59.1 Å². The van der Waals surface area contributed by atoms with Gasteiger partial charge in [0.2, 0.25) is 0 Å². The third kappa shape index (κ3) is 10.3. The molecule has 6 aromatic carbocycles. The van der Waals surface area contributed by atoms with Gasteiger partial charge < -0.3 is 9.47 Å². The van der Waals surface area contributed by atoms with Gasteiger partial charge in [0.05, 0.1) is 26.1 Å². The molecule has 0 bridgehead atoms. The van der Waals surface area contributed by atoms with Crippen molar-refractivity contribution in [2.45, 2.75) is 57.5 Å². The fraction of sp³-hybridized carbons (Fsp3) is 0.255. The first-order valence-electron chi connectivity index (χ1n) is 19.8. The van der Waals surface area contributed by atoms with E-state index in [0.29, 0.717) is 13.1 Å². The van der Waals surface area contributed by atoms with E-state index in [1.54, 1.807) is 0 Å². The average Bonchev–Trinajstić information content (AvgIpc) is 3.28. The van der Waals surface area contributed by atoms with Crippen LogP contribution in [0.2, 0.25) is 0 Å². The summed E-state index contributed by atoms with van der Waals surface area (Å²) in [6.45, 7) is 5.49. The first kappa shape index (κ1) is 40.8. The summed E-state index contributed by atoms with van der Waals surface area (Å²) in [5.74, 6) is -2.30. The second-order valence-corrected chi connectivity index (χ2v) is 14.7. The maximum absolute atomic E-state index is 14.6. The third-order valence-electron chi connectivity index (χ3n) is 11.2. The second-order valence-electron chi connectivity index (χ2n) is 14.7. The molecule has 6 heteroatoms. The van der Waals surface area contributed by atoms with Crippen molar-refractivity contribution in [1.29, 1.82) is 0 Å². The van der Waals surface area contributed by atoms with E-state index < -0.39 is 23.9 Å². The van der Waals surface area contributed by atoms with Crippen LogP contribution in [0.5, 0.6) is 0 Å². The Morgan fingerprint density at radius 1 is 0.421 bits per heavy atom. The van der Waals surface area contributed by atoms with Gasteiger partial charge >= 0.3 is 11.9 Å². The van der Waals surface area contributed by atoms with Gasteiger partial charge in [-0.1, -0.05) is 182 Å². The van der Waals surface area contributed by atoms with Crippen molar-refractivity contribution in [3.8, 4) is 0 Å². The van der Waals surface area contributed by atoms with E-state index in [0.717, 1.165) is 33.4 Å². The summed E-state index contributed by atoms with van der Waals surface area (Å²) in [6.07, 6.45) is 0.165. The van der Waals surface area contributed by atoms with Crippen molar-refractivity contribution in [2.75, 3.05) is 14.2 Å². The van der Waals surface area contributed by atoms with Gasteiger partial charge in [0.1, 0.15) is 0 Å². The number of nitrogens with zero attached hydrogens (tertiary/aromatic N) is 2. The fourth-order valence-electron chi connectivity index (χ4n) is 8.28. The molecule has 0 fully saturated rings. The largest absolute Gasteiger partial charge is 0.469 e. The third-order valence-corrected chi connectivity index (χ3v) is 11.2. The van der Waals surface area contributed by atoms with Gasteiger partial charge in [-0.25, -0.2) is 0 Å². The van der Waals surface area contributed by atoms with Crippen LogP contribution in [0.1, 0.15) is 77.8 Å². The second kappa shape index (κ2) is 20.4. The Labute approximate surface area is 338 Å². The van der Waals surface area contributed by atoms with E-state index in [2.05, 4.69) is 121 Å². The molecule has 0 aliphatic rings.